The molecule has 2 aliphatic rings. The molecule has 0 bridgehead atoms. The van der Waals surface area contributed by atoms with Gasteiger partial charge in [-0.2, -0.15) is 26.3 Å². The van der Waals surface area contributed by atoms with Gasteiger partial charge in [0, 0.05) is 30.3 Å². The summed E-state index contributed by atoms with van der Waals surface area (Å²) in [6.45, 7) is 0.0719. The lowest BCUT2D eigenvalue weighted by molar-refractivity contribution is -0.392. The van der Waals surface area contributed by atoms with Crippen LogP contribution in [0.25, 0.3) is 0 Å². The molecule has 0 spiro atoms. The molecule has 3 aromatic rings. The van der Waals surface area contributed by atoms with Crippen molar-refractivity contribution in [2.24, 2.45) is 0 Å². The summed E-state index contributed by atoms with van der Waals surface area (Å²) in [7, 11) is -4.39. The van der Waals surface area contributed by atoms with Crippen molar-refractivity contribution < 1.29 is 57.4 Å². The predicted octanol–water partition coefficient (Wildman–Crippen LogP) is 7.19. The fourth-order valence-corrected chi connectivity index (χ4v) is 8.52. The van der Waals surface area contributed by atoms with Crippen LogP contribution in [-0.4, -0.2) is 58.0 Å². The highest BCUT2D eigenvalue weighted by molar-refractivity contribution is 7.92. The molecule has 46 heavy (non-hydrogen) atoms. The van der Waals surface area contributed by atoms with E-state index in [0.717, 1.165) is 42.5 Å². The molecule has 1 aliphatic carbocycles. The molecular formula is C31H28F9NO4S. The molecule has 0 aromatic heterocycles. The van der Waals surface area contributed by atoms with Crippen molar-refractivity contribution in [3.63, 3.8) is 0 Å². The Balaban J connectivity index is 1.60. The van der Waals surface area contributed by atoms with Crippen molar-refractivity contribution in [1.29, 1.82) is 0 Å². The summed E-state index contributed by atoms with van der Waals surface area (Å²) in [6, 6.07) is 8.57. The van der Waals surface area contributed by atoms with Crippen molar-refractivity contribution in [3.8, 4) is 0 Å². The molecule has 0 radical (unpaired) electrons. The van der Waals surface area contributed by atoms with Gasteiger partial charge in [0.1, 0.15) is 22.2 Å². The standard InChI is InChI=1S/C31H28F9NO4S/c32-22-8-10-24(11-9-22)46(42,43)28(13-12-23(18-28)41-14-16-44-17-15-41)20-4-6-21(7-5-20)29(30(35,36)37,31(38,39)40)45-19-25-26(33)2-1-3-27(25)34/h1-11,23H,12-19H2. The maximum Gasteiger partial charge on any atom is 0.430 e. The molecule has 0 amide bonds. The van der Waals surface area contributed by atoms with Crippen LogP contribution in [0.15, 0.2) is 71.6 Å². The largest absolute Gasteiger partial charge is 0.430 e. The van der Waals surface area contributed by atoms with Crippen molar-refractivity contribution in [2.75, 3.05) is 26.3 Å². The first-order valence-corrected chi connectivity index (χ1v) is 15.7. The lowest BCUT2D eigenvalue weighted by Gasteiger charge is -2.38. The molecule has 5 rings (SSSR count). The second-order valence-electron chi connectivity index (χ2n) is 11.2. The first-order chi connectivity index (χ1) is 21.5. The second kappa shape index (κ2) is 12.5. The second-order valence-corrected chi connectivity index (χ2v) is 13.5. The molecule has 2 atom stereocenters. The van der Waals surface area contributed by atoms with Crippen LogP contribution in [0.5, 0.6) is 0 Å². The van der Waals surface area contributed by atoms with E-state index in [1.54, 1.807) is 0 Å². The van der Waals surface area contributed by atoms with E-state index in [1.165, 1.54) is 0 Å². The number of rotatable bonds is 8. The van der Waals surface area contributed by atoms with Gasteiger partial charge in [0.15, 0.2) is 9.84 Å². The maximum absolute atomic E-state index is 14.5. The van der Waals surface area contributed by atoms with E-state index >= 15 is 0 Å². The fourth-order valence-electron chi connectivity index (χ4n) is 6.33. The van der Waals surface area contributed by atoms with Gasteiger partial charge < -0.3 is 9.47 Å². The fraction of sp³-hybridized carbons (Fsp3) is 0.419. The third kappa shape index (κ3) is 5.90. The predicted molar refractivity (Wildman–Crippen MR) is 147 cm³/mol. The van der Waals surface area contributed by atoms with Crippen molar-refractivity contribution in [2.45, 2.75) is 59.5 Å². The average Bonchev–Trinajstić information content (AvgIpc) is 3.46. The summed E-state index contributed by atoms with van der Waals surface area (Å²) in [5.74, 6) is -3.52. The number of hydrogen-bond acceptors (Lipinski definition) is 5. The summed E-state index contributed by atoms with van der Waals surface area (Å²) in [6.07, 6.45) is -12.1. The third-order valence-corrected chi connectivity index (χ3v) is 11.3. The first-order valence-electron chi connectivity index (χ1n) is 14.2. The number of morpholine rings is 1. The van der Waals surface area contributed by atoms with E-state index in [2.05, 4.69) is 4.74 Å². The van der Waals surface area contributed by atoms with Gasteiger partial charge in [-0.1, -0.05) is 30.3 Å². The summed E-state index contributed by atoms with van der Waals surface area (Å²) in [5.41, 5.74) is -7.70. The Morgan fingerprint density at radius 2 is 1.39 bits per heavy atom. The molecule has 5 nitrogen and oxygen atoms in total. The molecule has 250 valence electrons. The number of sulfone groups is 1. The zero-order valence-corrected chi connectivity index (χ0v) is 24.8. The molecule has 3 aromatic carbocycles. The minimum absolute atomic E-state index is 0.0270. The lowest BCUT2D eigenvalue weighted by Crippen LogP contribution is -2.56. The molecule has 1 saturated carbocycles. The van der Waals surface area contributed by atoms with Gasteiger partial charge >= 0.3 is 12.4 Å². The number of halogens is 9. The zero-order chi connectivity index (χ0) is 33.5. The van der Waals surface area contributed by atoms with E-state index in [4.69, 9.17) is 4.74 Å². The Morgan fingerprint density at radius 1 is 0.826 bits per heavy atom. The van der Waals surface area contributed by atoms with Crippen LogP contribution >= 0.6 is 0 Å². The van der Waals surface area contributed by atoms with Gasteiger partial charge in [-0.3, -0.25) is 4.90 Å². The van der Waals surface area contributed by atoms with Gasteiger partial charge in [-0.25, -0.2) is 21.6 Å². The Morgan fingerprint density at radius 3 is 1.93 bits per heavy atom. The van der Waals surface area contributed by atoms with E-state index in [9.17, 15) is 47.9 Å². The molecular weight excluding hydrogens is 653 g/mol. The van der Waals surface area contributed by atoms with Gasteiger partial charge in [-0.05, 0) is 61.2 Å². The minimum atomic E-state index is -6.17. The highest BCUT2D eigenvalue weighted by Gasteiger charge is 2.73. The van der Waals surface area contributed by atoms with Crippen LogP contribution < -0.4 is 0 Å². The van der Waals surface area contributed by atoms with Gasteiger partial charge in [-0.15, -0.1) is 0 Å². The summed E-state index contributed by atoms with van der Waals surface area (Å²) in [4.78, 5) is 1.75. The topological polar surface area (TPSA) is 55.8 Å². The van der Waals surface area contributed by atoms with Gasteiger partial charge in [0.25, 0.3) is 5.60 Å². The maximum atomic E-state index is 14.5. The molecule has 1 heterocycles. The van der Waals surface area contributed by atoms with Crippen molar-refractivity contribution in [1.82, 2.24) is 4.90 Å². The highest BCUT2D eigenvalue weighted by Crippen LogP contribution is 2.55. The zero-order valence-electron chi connectivity index (χ0n) is 24.0. The molecule has 1 saturated heterocycles. The van der Waals surface area contributed by atoms with Crippen LogP contribution in [0.1, 0.15) is 36.0 Å². The number of nitrogens with zero attached hydrogens (tertiary/aromatic N) is 1. The highest BCUT2D eigenvalue weighted by atomic mass is 32.2. The molecule has 2 unspecified atom stereocenters. The Kier molecular flexibility index (Phi) is 9.27. The Labute approximate surface area is 258 Å². The van der Waals surface area contributed by atoms with Gasteiger partial charge in [0.05, 0.1) is 24.7 Å². The van der Waals surface area contributed by atoms with Gasteiger partial charge in [0.2, 0.25) is 0 Å². The van der Waals surface area contributed by atoms with Crippen LogP contribution in [0.4, 0.5) is 39.5 Å². The molecule has 15 heteroatoms. The lowest BCUT2D eigenvalue weighted by atomic mass is 9.88. The third-order valence-electron chi connectivity index (χ3n) is 8.76. The molecule has 0 N–H and O–H groups in total. The summed E-state index contributed by atoms with van der Waals surface area (Å²) >= 11 is 0. The normalized spacial score (nSPS) is 21.9. The Hall–Kier alpha value is -3.14. The van der Waals surface area contributed by atoms with Crippen LogP contribution in [0.3, 0.4) is 0 Å². The number of ether oxygens (including phenoxy) is 2. The number of alkyl halides is 6. The minimum Gasteiger partial charge on any atom is -0.379 e. The van der Waals surface area contributed by atoms with Crippen LogP contribution in [0.2, 0.25) is 0 Å². The number of benzene rings is 3. The van der Waals surface area contributed by atoms with E-state index < -0.39 is 67.7 Å². The smallest absolute Gasteiger partial charge is 0.379 e. The Bertz CT molecular complexity index is 1600. The van der Waals surface area contributed by atoms with Crippen LogP contribution in [-0.2, 0) is 36.3 Å². The number of hydrogen-bond donors (Lipinski definition) is 0. The average molecular weight is 682 g/mol. The van der Waals surface area contributed by atoms with Crippen molar-refractivity contribution in [3.05, 3.63) is 101 Å². The molecule has 2 fully saturated rings. The quantitative estimate of drug-likeness (QED) is 0.186. The van der Waals surface area contributed by atoms with E-state index in [-0.39, 0.29) is 29.3 Å². The van der Waals surface area contributed by atoms with Crippen molar-refractivity contribution >= 4 is 9.84 Å². The summed E-state index contributed by atoms with van der Waals surface area (Å²) < 4.78 is 165. The van der Waals surface area contributed by atoms with Crippen LogP contribution in [0, 0.1) is 17.5 Å². The molecule has 1 aliphatic heterocycles. The monoisotopic (exact) mass is 681 g/mol. The van der Waals surface area contributed by atoms with E-state index in [1.807, 2.05) is 4.90 Å². The summed E-state index contributed by atoms with van der Waals surface area (Å²) in [5, 5.41) is 0. The first kappa shape index (κ1) is 34.2. The SMILES string of the molecule is O=S(=O)(c1ccc(F)cc1)C1(c2ccc(C(OCc3c(F)cccc3F)(C(F)(F)F)C(F)(F)F)cc2)CCC(N2CCOCC2)C1. The van der Waals surface area contributed by atoms with E-state index in [0.29, 0.717) is 57.0 Å².